The fourth-order valence-corrected chi connectivity index (χ4v) is 3.46. The monoisotopic (exact) mass is 378 g/mol. The number of rotatable bonds is 5. The lowest BCUT2D eigenvalue weighted by Gasteiger charge is -2.32. The lowest BCUT2D eigenvalue weighted by molar-refractivity contribution is 0.0671. The Morgan fingerprint density at radius 2 is 2.04 bits per heavy atom. The zero-order valence-electron chi connectivity index (χ0n) is 15.7. The molecule has 2 aromatic heterocycles. The van der Waals surface area contributed by atoms with E-state index in [1.807, 2.05) is 30.3 Å². The molecule has 0 bridgehead atoms. The number of pyridine rings is 1. The third-order valence-electron chi connectivity index (χ3n) is 4.69. The highest BCUT2D eigenvalue weighted by Gasteiger charge is 2.31. The Hall–Kier alpha value is -3.26. The van der Waals surface area contributed by atoms with Gasteiger partial charge in [0.05, 0.1) is 12.6 Å². The highest BCUT2D eigenvalue weighted by Crippen LogP contribution is 2.29. The van der Waals surface area contributed by atoms with Crippen LogP contribution < -0.4 is 10.5 Å². The Morgan fingerprint density at radius 3 is 2.82 bits per heavy atom. The zero-order valence-corrected chi connectivity index (χ0v) is 15.7. The summed E-state index contributed by atoms with van der Waals surface area (Å²) in [5.74, 6) is 1.84. The van der Waals surface area contributed by atoms with Gasteiger partial charge < -0.3 is 19.9 Å². The molecule has 0 spiro atoms. The molecule has 0 saturated heterocycles. The van der Waals surface area contributed by atoms with Gasteiger partial charge in [-0.05, 0) is 19.1 Å². The molecule has 2 N–H and O–H groups in total. The van der Waals surface area contributed by atoms with Gasteiger partial charge in [0.15, 0.2) is 23.1 Å². The van der Waals surface area contributed by atoms with E-state index in [-0.39, 0.29) is 11.9 Å². The van der Waals surface area contributed by atoms with Crippen LogP contribution in [0.2, 0.25) is 0 Å². The lowest BCUT2D eigenvalue weighted by Crippen LogP contribution is -2.41. The van der Waals surface area contributed by atoms with Crippen molar-refractivity contribution < 1.29 is 9.53 Å². The molecule has 1 amide bonds. The number of hydrogen-bond acceptors (Lipinski definition) is 6. The van der Waals surface area contributed by atoms with Gasteiger partial charge in [-0.25, -0.2) is 4.98 Å². The number of nitrogens with zero attached hydrogens (tertiary/aromatic N) is 5. The molecule has 1 aliphatic heterocycles. The smallest absolute Gasteiger partial charge is 0.276 e. The van der Waals surface area contributed by atoms with Crippen molar-refractivity contribution in [2.45, 2.75) is 19.5 Å². The molecular weight excluding hydrogens is 356 g/mol. The van der Waals surface area contributed by atoms with Gasteiger partial charge in [0.25, 0.3) is 5.91 Å². The van der Waals surface area contributed by atoms with E-state index in [2.05, 4.69) is 26.7 Å². The molecule has 0 saturated carbocycles. The van der Waals surface area contributed by atoms with E-state index in [1.54, 1.807) is 23.2 Å². The van der Waals surface area contributed by atoms with Crippen molar-refractivity contribution in [3.05, 3.63) is 60.2 Å². The average Bonchev–Trinajstić information content (AvgIpc) is 3.17. The van der Waals surface area contributed by atoms with Crippen LogP contribution in [0.1, 0.15) is 29.3 Å². The third kappa shape index (κ3) is 3.34. The largest absolute Gasteiger partial charge is 0.490 e. The Kier molecular flexibility index (Phi) is 5.03. The second-order valence-electron chi connectivity index (χ2n) is 6.70. The quantitative estimate of drug-likeness (QED) is 0.728. The van der Waals surface area contributed by atoms with E-state index in [1.165, 1.54) is 0 Å². The average molecular weight is 378 g/mol. The number of fused-ring (bicyclic) bond motifs is 1. The number of nitrogens with two attached hydrogens (primary N) is 1. The van der Waals surface area contributed by atoms with Crippen LogP contribution >= 0.6 is 0 Å². The Morgan fingerprint density at radius 1 is 1.21 bits per heavy atom. The maximum Gasteiger partial charge on any atom is 0.276 e. The third-order valence-corrected chi connectivity index (χ3v) is 4.69. The second kappa shape index (κ2) is 7.77. The van der Waals surface area contributed by atoms with Crippen LogP contribution in [0.5, 0.6) is 5.75 Å². The molecule has 3 aromatic rings. The van der Waals surface area contributed by atoms with E-state index in [0.717, 1.165) is 17.2 Å². The highest BCUT2D eigenvalue weighted by molar-refractivity contribution is 5.95. The highest BCUT2D eigenvalue weighted by atomic mass is 16.5. The SMILES string of the molecule is C[C@H]1CN(C(=O)c2ncccc2OCCN)Cc2nnc(-c3ccccc3)n21. The molecule has 1 atom stereocenters. The first-order valence-corrected chi connectivity index (χ1v) is 9.25. The van der Waals surface area contributed by atoms with Gasteiger partial charge >= 0.3 is 0 Å². The normalized spacial score (nSPS) is 15.9. The molecule has 0 aliphatic carbocycles. The summed E-state index contributed by atoms with van der Waals surface area (Å²) < 4.78 is 7.69. The molecule has 0 radical (unpaired) electrons. The van der Waals surface area contributed by atoms with Gasteiger partial charge in [-0.2, -0.15) is 0 Å². The van der Waals surface area contributed by atoms with E-state index < -0.39 is 0 Å². The predicted octanol–water partition coefficient (Wildman–Crippen LogP) is 1.89. The van der Waals surface area contributed by atoms with Gasteiger partial charge in [-0.3, -0.25) is 4.79 Å². The van der Waals surface area contributed by atoms with Crippen LogP contribution in [-0.4, -0.2) is 50.3 Å². The van der Waals surface area contributed by atoms with Gasteiger partial charge in [0.1, 0.15) is 6.61 Å². The molecule has 8 heteroatoms. The molecule has 144 valence electrons. The molecule has 8 nitrogen and oxygen atoms in total. The summed E-state index contributed by atoms with van der Waals surface area (Å²) in [7, 11) is 0. The van der Waals surface area contributed by atoms with Crippen LogP contribution in [0.4, 0.5) is 0 Å². The Labute approximate surface area is 163 Å². The van der Waals surface area contributed by atoms with Gasteiger partial charge in [0, 0.05) is 24.8 Å². The van der Waals surface area contributed by atoms with E-state index in [9.17, 15) is 4.79 Å². The number of amides is 1. The Bertz CT molecular complexity index is 972. The van der Waals surface area contributed by atoms with Crippen LogP contribution in [0.3, 0.4) is 0 Å². The minimum absolute atomic E-state index is 0.0371. The van der Waals surface area contributed by atoms with Crippen LogP contribution in [-0.2, 0) is 6.54 Å². The second-order valence-corrected chi connectivity index (χ2v) is 6.70. The number of ether oxygens (including phenoxy) is 1. The first-order chi connectivity index (χ1) is 13.7. The number of benzene rings is 1. The topological polar surface area (TPSA) is 99.2 Å². The molecule has 4 rings (SSSR count). The maximum absolute atomic E-state index is 13.1. The van der Waals surface area contributed by atoms with Crippen molar-refractivity contribution in [1.29, 1.82) is 0 Å². The molecule has 3 heterocycles. The first-order valence-electron chi connectivity index (χ1n) is 9.25. The van der Waals surface area contributed by atoms with Crippen molar-refractivity contribution in [3.63, 3.8) is 0 Å². The van der Waals surface area contributed by atoms with E-state index >= 15 is 0 Å². The van der Waals surface area contributed by atoms with Crippen LogP contribution in [0, 0.1) is 0 Å². The number of carbonyl (C=O) groups excluding carboxylic acids is 1. The first kappa shape index (κ1) is 18.1. The number of aromatic nitrogens is 4. The standard InChI is InChI=1S/C20H22N6O2/c1-14-12-25(20(27)18-16(28-11-9-21)8-5-10-22-18)13-17-23-24-19(26(14)17)15-6-3-2-4-7-15/h2-8,10,14H,9,11-13,21H2,1H3/t14-/m0/s1. The summed E-state index contributed by atoms with van der Waals surface area (Å²) in [6.07, 6.45) is 1.59. The van der Waals surface area contributed by atoms with E-state index in [0.29, 0.717) is 37.7 Å². The molecule has 0 unspecified atom stereocenters. The summed E-state index contributed by atoms with van der Waals surface area (Å²) in [5.41, 5.74) is 6.81. The number of carbonyl (C=O) groups is 1. The van der Waals surface area contributed by atoms with Gasteiger partial charge in [0.2, 0.25) is 0 Å². The molecule has 0 fully saturated rings. The summed E-state index contributed by atoms with van der Waals surface area (Å²) in [6.45, 7) is 3.67. The summed E-state index contributed by atoms with van der Waals surface area (Å²) in [5, 5.41) is 8.70. The lowest BCUT2D eigenvalue weighted by atomic mass is 10.1. The summed E-state index contributed by atoms with van der Waals surface area (Å²) in [6, 6.07) is 13.5. The van der Waals surface area contributed by atoms with Crippen LogP contribution in [0.15, 0.2) is 48.7 Å². The summed E-state index contributed by atoms with van der Waals surface area (Å²) >= 11 is 0. The van der Waals surface area contributed by atoms with Crippen LogP contribution in [0.25, 0.3) is 11.4 Å². The summed E-state index contributed by atoms with van der Waals surface area (Å²) in [4.78, 5) is 19.1. The predicted molar refractivity (Wildman–Crippen MR) is 104 cm³/mol. The molecular formula is C20H22N6O2. The van der Waals surface area contributed by atoms with Gasteiger partial charge in [-0.1, -0.05) is 30.3 Å². The van der Waals surface area contributed by atoms with Gasteiger partial charge in [-0.15, -0.1) is 10.2 Å². The maximum atomic E-state index is 13.1. The fourth-order valence-electron chi connectivity index (χ4n) is 3.46. The minimum Gasteiger partial charge on any atom is -0.490 e. The minimum atomic E-state index is -0.185. The van der Waals surface area contributed by atoms with Crippen molar-refractivity contribution >= 4 is 5.91 Å². The molecule has 28 heavy (non-hydrogen) atoms. The van der Waals surface area contributed by atoms with Crippen molar-refractivity contribution in [2.75, 3.05) is 19.7 Å². The van der Waals surface area contributed by atoms with E-state index in [4.69, 9.17) is 10.5 Å². The number of hydrogen-bond donors (Lipinski definition) is 1. The fraction of sp³-hybridized carbons (Fsp3) is 0.300. The Balaban J connectivity index is 1.61. The van der Waals surface area contributed by atoms with Crippen molar-refractivity contribution in [3.8, 4) is 17.1 Å². The van der Waals surface area contributed by atoms with Crippen molar-refractivity contribution in [2.24, 2.45) is 5.73 Å². The molecule has 1 aliphatic rings. The van der Waals surface area contributed by atoms with Crippen molar-refractivity contribution in [1.82, 2.24) is 24.6 Å². The zero-order chi connectivity index (χ0) is 19.5. The molecule has 1 aromatic carbocycles.